The zero-order valence-corrected chi connectivity index (χ0v) is 10.5. The molecule has 14 heavy (non-hydrogen) atoms. The normalized spacial score (nSPS) is 10.7. The third-order valence-corrected chi connectivity index (χ3v) is 3.59. The van der Waals surface area contributed by atoms with Crippen LogP contribution in [0.4, 0.5) is 5.82 Å². The second kappa shape index (κ2) is 3.85. The van der Waals surface area contributed by atoms with Gasteiger partial charge in [0.15, 0.2) is 0 Å². The van der Waals surface area contributed by atoms with Crippen LogP contribution < -0.4 is 5.73 Å². The fourth-order valence-corrected chi connectivity index (χ4v) is 2.63. The molecule has 0 amide bonds. The van der Waals surface area contributed by atoms with E-state index in [0.29, 0.717) is 6.54 Å². The molecular formula is C8H9IN4S. The molecule has 74 valence electrons. The smallest absolute Gasteiger partial charge is 0.125 e. The molecule has 0 saturated heterocycles. The standard InChI is InChI=1S/C8H9IN4S/c1-5-2-12-13(8(5)10)4-7-11-3-6(9)14-7/h2-3H,4,10H2,1H3. The van der Waals surface area contributed by atoms with Crippen molar-refractivity contribution in [3.63, 3.8) is 0 Å². The van der Waals surface area contributed by atoms with E-state index >= 15 is 0 Å². The van der Waals surface area contributed by atoms with Gasteiger partial charge in [0, 0.05) is 5.56 Å². The molecule has 2 aromatic rings. The number of hydrogen-bond donors (Lipinski definition) is 1. The Hall–Kier alpha value is -0.630. The van der Waals surface area contributed by atoms with Crippen molar-refractivity contribution in [1.29, 1.82) is 0 Å². The topological polar surface area (TPSA) is 56.7 Å². The molecule has 0 aliphatic heterocycles. The number of halogens is 1. The third kappa shape index (κ3) is 1.90. The monoisotopic (exact) mass is 320 g/mol. The zero-order chi connectivity index (χ0) is 10.1. The van der Waals surface area contributed by atoms with E-state index in [4.69, 9.17) is 5.73 Å². The van der Waals surface area contributed by atoms with Crippen LogP contribution in [0.15, 0.2) is 12.4 Å². The van der Waals surface area contributed by atoms with Crippen LogP contribution in [0.3, 0.4) is 0 Å². The number of nitrogens with two attached hydrogens (primary N) is 1. The van der Waals surface area contributed by atoms with E-state index in [-0.39, 0.29) is 0 Å². The van der Waals surface area contributed by atoms with Crippen molar-refractivity contribution in [2.75, 3.05) is 5.73 Å². The molecule has 0 aromatic carbocycles. The molecule has 0 radical (unpaired) electrons. The highest BCUT2D eigenvalue weighted by molar-refractivity contribution is 14.1. The molecule has 2 aromatic heterocycles. The van der Waals surface area contributed by atoms with Crippen molar-refractivity contribution >= 4 is 39.7 Å². The highest BCUT2D eigenvalue weighted by atomic mass is 127. The zero-order valence-electron chi connectivity index (χ0n) is 7.57. The van der Waals surface area contributed by atoms with E-state index in [9.17, 15) is 0 Å². The van der Waals surface area contributed by atoms with Gasteiger partial charge in [-0.2, -0.15) is 5.10 Å². The molecule has 4 nitrogen and oxygen atoms in total. The highest BCUT2D eigenvalue weighted by Crippen LogP contribution is 2.17. The summed E-state index contributed by atoms with van der Waals surface area (Å²) < 4.78 is 2.95. The predicted octanol–water partition coefficient (Wildman–Crippen LogP) is 1.88. The van der Waals surface area contributed by atoms with Gasteiger partial charge in [-0.1, -0.05) is 0 Å². The summed E-state index contributed by atoms with van der Waals surface area (Å²) in [5.41, 5.74) is 6.84. The van der Waals surface area contributed by atoms with E-state index in [2.05, 4.69) is 32.7 Å². The minimum absolute atomic E-state index is 0.660. The summed E-state index contributed by atoms with van der Waals surface area (Å²) in [6, 6.07) is 0. The van der Waals surface area contributed by atoms with Crippen LogP contribution in [0, 0.1) is 9.81 Å². The molecule has 2 heterocycles. The second-order valence-corrected chi connectivity index (χ2v) is 5.94. The fourth-order valence-electron chi connectivity index (χ4n) is 1.10. The van der Waals surface area contributed by atoms with E-state index in [1.165, 1.54) is 2.88 Å². The lowest BCUT2D eigenvalue weighted by molar-refractivity contribution is 0.693. The average molecular weight is 320 g/mol. The van der Waals surface area contributed by atoms with Crippen molar-refractivity contribution < 1.29 is 0 Å². The van der Waals surface area contributed by atoms with Crippen LogP contribution in [0.5, 0.6) is 0 Å². The average Bonchev–Trinajstić information content (AvgIpc) is 2.67. The van der Waals surface area contributed by atoms with Gasteiger partial charge in [-0.05, 0) is 29.5 Å². The highest BCUT2D eigenvalue weighted by Gasteiger charge is 2.06. The quantitative estimate of drug-likeness (QED) is 0.860. The summed E-state index contributed by atoms with van der Waals surface area (Å²) in [4.78, 5) is 4.26. The van der Waals surface area contributed by atoms with Gasteiger partial charge in [0.05, 0.1) is 21.8 Å². The maximum atomic E-state index is 5.83. The molecule has 6 heteroatoms. The summed E-state index contributed by atoms with van der Waals surface area (Å²) in [6.07, 6.45) is 3.63. The number of anilines is 1. The van der Waals surface area contributed by atoms with Crippen molar-refractivity contribution in [3.05, 3.63) is 25.8 Å². The van der Waals surface area contributed by atoms with Crippen molar-refractivity contribution in [2.24, 2.45) is 0 Å². The van der Waals surface area contributed by atoms with Gasteiger partial charge >= 0.3 is 0 Å². The van der Waals surface area contributed by atoms with Crippen LogP contribution in [0.25, 0.3) is 0 Å². The lowest BCUT2D eigenvalue weighted by atomic mass is 10.4. The Kier molecular flexibility index (Phi) is 2.73. The number of hydrogen-bond acceptors (Lipinski definition) is 4. The molecule has 0 atom stereocenters. The summed E-state index contributed by atoms with van der Waals surface area (Å²) in [5.74, 6) is 0.718. The van der Waals surface area contributed by atoms with Crippen molar-refractivity contribution in [3.8, 4) is 0 Å². The van der Waals surface area contributed by atoms with Crippen LogP contribution >= 0.6 is 33.9 Å². The van der Waals surface area contributed by atoms with E-state index in [0.717, 1.165) is 16.4 Å². The fraction of sp³-hybridized carbons (Fsp3) is 0.250. The Morgan fingerprint density at radius 2 is 2.36 bits per heavy atom. The predicted molar refractivity (Wildman–Crippen MR) is 65.3 cm³/mol. The van der Waals surface area contributed by atoms with Crippen LogP contribution in [-0.4, -0.2) is 14.8 Å². The van der Waals surface area contributed by atoms with Crippen LogP contribution in [-0.2, 0) is 6.54 Å². The Bertz CT molecular complexity index is 448. The molecule has 0 saturated carbocycles. The van der Waals surface area contributed by atoms with Gasteiger partial charge in [-0.15, -0.1) is 11.3 Å². The molecule has 0 spiro atoms. The molecule has 0 fully saturated rings. The minimum atomic E-state index is 0.660. The van der Waals surface area contributed by atoms with Crippen molar-refractivity contribution in [2.45, 2.75) is 13.5 Å². The first-order chi connectivity index (χ1) is 6.66. The van der Waals surface area contributed by atoms with Crippen molar-refractivity contribution in [1.82, 2.24) is 14.8 Å². The van der Waals surface area contributed by atoms with Gasteiger partial charge in [-0.3, -0.25) is 0 Å². The third-order valence-electron chi connectivity index (χ3n) is 1.88. The Morgan fingerprint density at radius 3 is 2.86 bits per heavy atom. The summed E-state index contributed by atoms with van der Waals surface area (Å²) in [5, 5.41) is 5.21. The minimum Gasteiger partial charge on any atom is -0.384 e. The second-order valence-electron chi connectivity index (χ2n) is 2.93. The molecular weight excluding hydrogens is 311 g/mol. The van der Waals surface area contributed by atoms with E-state index in [1.807, 2.05) is 13.1 Å². The lowest BCUT2D eigenvalue weighted by Crippen LogP contribution is -2.05. The van der Waals surface area contributed by atoms with Gasteiger partial charge < -0.3 is 5.73 Å². The maximum Gasteiger partial charge on any atom is 0.125 e. The number of rotatable bonds is 2. The van der Waals surface area contributed by atoms with E-state index < -0.39 is 0 Å². The molecule has 0 bridgehead atoms. The largest absolute Gasteiger partial charge is 0.384 e. The number of nitrogens with zero attached hydrogens (tertiary/aromatic N) is 3. The van der Waals surface area contributed by atoms with Crippen LogP contribution in [0.1, 0.15) is 10.6 Å². The maximum absolute atomic E-state index is 5.83. The summed E-state index contributed by atoms with van der Waals surface area (Å²) in [6.45, 7) is 2.61. The Balaban J connectivity index is 2.22. The first kappa shape index (κ1) is 9.91. The lowest BCUT2D eigenvalue weighted by Gasteiger charge is -2.00. The van der Waals surface area contributed by atoms with Gasteiger partial charge in [-0.25, -0.2) is 9.67 Å². The molecule has 0 aliphatic carbocycles. The molecule has 0 unspecified atom stereocenters. The molecule has 2 rings (SSSR count). The van der Waals surface area contributed by atoms with Gasteiger partial charge in [0.2, 0.25) is 0 Å². The number of aryl methyl sites for hydroxylation is 1. The molecule has 0 aliphatic rings. The first-order valence-electron chi connectivity index (χ1n) is 4.05. The SMILES string of the molecule is Cc1cnn(Cc2ncc(I)s2)c1N. The van der Waals surface area contributed by atoms with Gasteiger partial charge in [0.25, 0.3) is 0 Å². The number of aromatic nitrogens is 3. The Morgan fingerprint density at radius 1 is 1.57 bits per heavy atom. The first-order valence-corrected chi connectivity index (χ1v) is 5.94. The number of nitrogen functional groups attached to an aromatic ring is 1. The molecule has 2 N–H and O–H groups in total. The van der Waals surface area contributed by atoms with E-state index in [1.54, 1.807) is 22.2 Å². The number of thiazole rings is 1. The van der Waals surface area contributed by atoms with Crippen LogP contribution in [0.2, 0.25) is 0 Å². The summed E-state index contributed by atoms with van der Waals surface area (Å²) in [7, 11) is 0. The summed E-state index contributed by atoms with van der Waals surface area (Å²) >= 11 is 3.91. The van der Waals surface area contributed by atoms with Gasteiger partial charge in [0.1, 0.15) is 10.8 Å². The Labute approximate surface area is 99.3 Å².